The van der Waals surface area contributed by atoms with Crippen molar-refractivity contribution < 1.29 is 19.4 Å². The molecule has 0 fully saturated rings. The Morgan fingerprint density at radius 2 is 1.85 bits per heavy atom. The maximum Gasteiger partial charge on any atom is 0.326 e. The minimum Gasteiger partial charge on any atom is -0.493 e. The highest BCUT2D eigenvalue weighted by Crippen LogP contribution is 2.13. The fourth-order valence-electron chi connectivity index (χ4n) is 1.55. The molecule has 0 saturated heterocycles. The van der Waals surface area contributed by atoms with Gasteiger partial charge in [0.2, 0.25) is 0 Å². The Labute approximate surface area is 118 Å². The van der Waals surface area contributed by atoms with E-state index in [9.17, 15) is 9.59 Å². The summed E-state index contributed by atoms with van der Waals surface area (Å²) in [5.74, 6) is -0.299. The summed E-state index contributed by atoms with van der Waals surface area (Å²) in [7, 11) is 0. The maximum absolute atomic E-state index is 11.9. The molecule has 1 amide bonds. The molecule has 1 aromatic carbocycles. The first-order valence-electron chi connectivity index (χ1n) is 6.70. The lowest BCUT2D eigenvalue weighted by Gasteiger charge is -2.13. The van der Waals surface area contributed by atoms with Crippen molar-refractivity contribution in [2.45, 2.75) is 33.2 Å². The molecular weight excluding hydrogens is 258 g/mol. The average Bonchev–Trinajstić information content (AvgIpc) is 2.42. The van der Waals surface area contributed by atoms with Gasteiger partial charge < -0.3 is 15.2 Å². The second-order valence-electron chi connectivity index (χ2n) is 5.00. The smallest absolute Gasteiger partial charge is 0.326 e. The lowest BCUT2D eigenvalue weighted by atomic mass is 10.1. The highest BCUT2D eigenvalue weighted by atomic mass is 16.5. The fourth-order valence-corrected chi connectivity index (χ4v) is 1.55. The Bertz CT molecular complexity index is 453. The van der Waals surface area contributed by atoms with Gasteiger partial charge in [0.25, 0.3) is 5.91 Å². The zero-order chi connectivity index (χ0) is 15.1. The Kier molecular flexibility index (Phi) is 6.03. The Morgan fingerprint density at radius 1 is 1.25 bits per heavy atom. The summed E-state index contributed by atoms with van der Waals surface area (Å²) in [5, 5.41) is 11.4. The minimum absolute atomic E-state index is 0.344. The van der Waals surface area contributed by atoms with Crippen LogP contribution in [0.15, 0.2) is 24.3 Å². The summed E-state index contributed by atoms with van der Waals surface area (Å²) in [4.78, 5) is 22.7. The molecule has 0 bridgehead atoms. The topological polar surface area (TPSA) is 75.6 Å². The van der Waals surface area contributed by atoms with Crippen LogP contribution in [0.3, 0.4) is 0 Å². The van der Waals surface area contributed by atoms with Gasteiger partial charge in [-0.15, -0.1) is 0 Å². The van der Waals surface area contributed by atoms with Gasteiger partial charge >= 0.3 is 5.97 Å². The molecule has 0 heterocycles. The molecule has 1 aromatic rings. The summed E-state index contributed by atoms with van der Waals surface area (Å²) < 4.78 is 5.52. The normalized spacial score (nSPS) is 12.0. The third-order valence-corrected chi connectivity index (χ3v) is 2.71. The van der Waals surface area contributed by atoms with Crippen LogP contribution >= 0.6 is 0 Å². The van der Waals surface area contributed by atoms with Crippen LogP contribution in [0.2, 0.25) is 0 Å². The first-order chi connectivity index (χ1) is 9.43. The number of carbonyl (C=O) groups excluding carboxylic acids is 1. The van der Waals surface area contributed by atoms with Gasteiger partial charge in [-0.25, -0.2) is 4.79 Å². The first kappa shape index (κ1) is 16.0. The third-order valence-electron chi connectivity index (χ3n) is 2.71. The number of ether oxygens (including phenoxy) is 1. The number of carboxylic acids is 1. The monoisotopic (exact) mass is 279 g/mol. The molecule has 0 aromatic heterocycles. The van der Waals surface area contributed by atoms with Crippen LogP contribution in [0.4, 0.5) is 0 Å². The maximum atomic E-state index is 11.9. The largest absolute Gasteiger partial charge is 0.493 e. The van der Waals surface area contributed by atoms with Crippen LogP contribution < -0.4 is 10.1 Å². The molecule has 110 valence electrons. The van der Waals surface area contributed by atoms with E-state index in [0.717, 1.165) is 0 Å². The molecule has 0 aliphatic carbocycles. The van der Waals surface area contributed by atoms with Crippen molar-refractivity contribution >= 4 is 11.9 Å². The zero-order valence-electron chi connectivity index (χ0n) is 12.1. The van der Waals surface area contributed by atoms with Crippen molar-refractivity contribution in [3.63, 3.8) is 0 Å². The minimum atomic E-state index is -1.03. The van der Waals surface area contributed by atoms with Crippen LogP contribution in [0.5, 0.6) is 5.75 Å². The van der Waals surface area contributed by atoms with Gasteiger partial charge in [-0.1, -0.05) is 20.8 Å². The van der Waals surface area contributed by atoms with E-state index in [1.807, 2.05) is 0 Å². The van der Waals surface area contributed by atoms with E-state index in [1.165, 1.54) is 0 Å². The number of rotatable bonds is 7. The summed E-state index contributed by atoms with van der Waals surface area (Å²) in [5.41, 5.74) is 0.418. The first-order valence-corrected chi connectivity index (χ1v) is 6.70. The standard InChI is InChI=1S/C15H21NO4/c1-4-13(15(18)19)16-14(17)11-5-7-12(8-6-11)20-9-10(2)3/h5-8,10,13H,4,9H2,1-3H3,(H,16,17)(H,18,19)/t13-/m0/s1. The van der Waals surface area contributed by atoms with Crippen molar-refractivity contribution in [2.75, 3.05) is 6.61 Å². The Morgan fingerprint density at radius 3 is 2.30 bits per heavy atom. The van der Waals surface area contributed by atoms with Crippen LogP contribution in [0.25, 0.3) is 0 Å². The zero-order valence-corrected chi connectivity index (χ0v) is 12.1. The van der Waals surface area contributed by atoms with Crippen LogP contribution in [-0.4, -0.2) is 29.6 Å². The van der Waals surface area contributed by atoms with Crippen LogP contribution in [0, 0.1) is 5.92 Å². The molecule has 0 saturated carbocycles. The van der Waals surface area contributed by atoms with E-state index in [-0.39, 0.29) is 0 Å². The summed E-state index contributed by atoms with van der Waals surface area (Å²) in [6.07, 6.45) is 0.344. The number of benzene rings is 1. The summed E-state index contributed by atoms with van der Waals surface area (Å²) in [6.45, 7) is 6.43. The van der Waals surface area contributed by atoms with Crippen molar-refractivity contribution in [1.29, 1.82) is 0 Å². The number of amides is 1. The fraction of sp³-hybridized carbons (Fsp3) is 0.467. The van der Waals surface area contributed by atoms with Gasteiger partial charge in [-0.2, -0.15) is 0 Å². The lowest BCUT2D eigenvalue weighted by Crippen LogP contribution is -2.40. The summed E-state index contributed by atoms with van der Waals surface area (Å²) in [6, 6.07) is 5.80. The van der Waals surface area contributed by atoms with Crippen molar-refractivity contribution in [2.24, 2.45) is 5.92 Å². The Hall–Kier alpha value is -2.04. The molecule has 5 heteroatoms. The van der Waals surface area contributed by atoms with E-state index in [0.29, 0.717) is 30.3 Å². The van der Waals surface area contributed by atoms with Gasteiger partial charge in [0.15, 0.2) is 0 Å². The molecule has 0 radical (unpaired) electrons. The predicted molar refractivity (Wildman–Crippen MR) is 76.0 cm³/mol. The molecule has 2 N–H and O–H groups in total. The predicted octanol–water partition coefficient (Wildman–Crippen LogP) is 2.31. The van der Waals surface area contributed by atoms with Crippen LogP contribution in [-0.2, 0) is 4.79 Å². The molecular formula is C15H21NO4. The third kappa shape index (κ3) is 4.91. The summed E-state index contributed by atoms with van der Waals surface area (Å²) >= 11 is 0. The molecule has 1 atom stereocenters. The van der Waals surface area contributed by atoms with Gasteiger partial charge in [-0.05, 0) is 36.6 Å². The number of hydrogen-bond acceptors (Lipinski definition) is 3. The molecule has 0 spiro atoms. The number of carboxylic acid groups (broad SMARTS) is 1. The SMILES string of the molecule is CC[C@H](NC(=O)c1ccc(OCC(C)C)cc1)C(=O)O. The highest BCUT2D eigenvalue weighted by Gasteiger charge is 2.18. The van der Waals surface area contributed by atoms with E-state index >= 15 is 0 Å². The van der Waals surface area contributed by atoms with Gasteiger partial charge in [0.1, 0.15) is 11.8 Å². The van der Waals surface area contributed by atoms with Crippen LogP contribution in [0.1, 0.15) is 37.6 Å². The van der Waals surface area contributed by atoms with E-state index in [1.54, 1.807) is 31.2 Å². The molecule has 5 nitrogen and oxygen atoms in total. The number of hydrogen-bond donors (Lipinski definition) is 2. The second kappa shape index (κ2) is 7.53. The molecule has 0 aliphatic heterocycles. The quantitative estimate of drug-likeness (QED) is 0.803. The number of nitrogens with one attached hydrogen (secondary N) is 1. The number of aliphatic carboxylic acids is 1. The van der Waals surface area contributed by atoms with Gasteiger partial charge in [0.05, 0.1) is 6.61 Å². The van der Waals surface area contributed by atoms with Gasteiger partial charge in [-0.3, -0.25) is 4.79 Å². The molecule has 20 heavy (non-hydrogen) atoms. The van der Waals surface area contributed by atoms with E-state index in [2.05, 4.69) is 19.2 Å². The molecule has 1 rings (SSSR count). The van der Waals surface area contributed by atoms with Gasteiger partial charge in [0, 0.05) is 5.56 Å². The average molecular weight is 279 g/mol. The van der Waals surface area contributed by atoms with E-state index in [4.69, 9.17) is 9.84 Å². The highest BCUT2D eigenvalue weighted by molar-refractivity contribution is 5.96. The van der Waals surface area contributed by atoms with Crippen molar-refractivity contribution in [1.82, 2.24) is 5.32 Å². The van der Waals surface area contributed by atoms with E-state index < -0.39 is 17.9 Å². The van der Waals surface area contributed by atoms with Crippen molar-refractivity contribution in [3.05, 3.63) is 29.8 Å². The lowest BCUT2D eigenvalue weighted by molar-refractivity contribution is -0.139. The number of carbonyl (C=O) groups is 2. The van der Waals surface area contributed by atoms with Crippen molar-refractivity contribution in [3.8, 4) is 5.75 Å². The Balaban J connectivity index is 2.63. The molecule has 0 unspecified atom stereocenters. The second-order valence-corrected chi connectivity index (χ2v) is 5.00. The molecule has 0 aliphatic rings.